The zero-order valence-electron chi connectivity index (χ0n) is 25.0. The van der Waals surface area contributed by atoms with Gasteiger partial charge in [0.15, 0.2) is 17.3 Å². The normalized spacial score (nSPS) is 12.7. The van der Waals surface area contributed by atoms with Gasteiger partial charge in [-0.1, -0.05) is 110 Å². The molecule has 0 amide bonds. The molecule has 0 aromatic heterocycles. The summed E-state index contributed by atoms with van der Waals surface area (Å²) in [7, 11) is 0. The number of ketones is 3. The molecule has 4 rings (SSSR count). The number of esters is 1. The van der Waals surface area contributed by atoms with Crippen molar-refractivity contribution in [2.75, 3.05) is 6.61 Å². The molecular formula is C37H36O6. The minimum atomic E-state index is -1.25. The highest BCUT2D eigenvalue weighted by Gasteiger charge is 2.35. The highest BCUT2D eigenvalue weighted by Crippen LogP contribution is 2.27. The molecule has 4 aromatic rings. The highest BCUT2D eigenvalue weighted by atomic mass is 16.6. The Labute approximate surface area is 252 Å². The van der Waals surface area contributed by atoms with E-state index >= 15 is 0 Å². The van der Waals surface area contributed by atoms with Crippen molar-refractivity contribution in [1.82, 2.24) is 0 Å². The summed E-state index contributed by atoms with van der Waals surface area (Å²) in [6.45, 7) is 7.16. The van der Waals surface area contributed by atoms with Gasteiger partial charge in [-0.25, -0.2) is 4.79 Å². The zero-order chi connectivity index (χ0) is 31.0. The Morgan fingerprint density at radius 2 is 1.00 bits per heavy atom. The van der Waals surface area contributed by atoms with Crippen LogP contribution in [-0.4, -0.2) is 41.1 Å². The van der Waals surface area contributed by atoms with Gasteiger partial charge in [0.05, 0.1) is 12.2 Å². The fraction of sp³-hybridized carbons (Fsp3) is 0.243. The summed E-state index contributed by atoms with van der Waals surface area (Å²) >= 11 is 0. The van der Waals surface area contributed by atoms with Gasteiger partial charge in [-0.2, -0.15) is 0 Å². The third-order valence-electron chi connectivity index (χ3n) is 7.61. The van der Waals surface area contributed by atoms with Crippen LogP contribution in [0, 0.1) is 0 Å². The van der Waals surface area contributed by atoms with Gasteiger partial charge in [0.2, 0.25) is 0 Å². The summed E-state index contributed by atoms with van der Waals surface area (Å²) in [5, 5.41) is 0. The Hall–Kier alpha value is -4.68. The number of rotatable bonds is 13. The second kappa shape index (κ2) is 13.5. The van der Waals surface area contributed by atoms with Crippen molar-refractivity contribution in [3.63, 3.8) is 0 Å². The van der Waals surface area contributed by atoms with Gasteiger partial charge in [-0.15, -0.1) is 0 Å². The van der Waals surface area contributed by atoms with Gasteiger partial charge in [0.1, 0.15) is 11.2 Å². The smallest absolute Gasteiger partial charge is 0.339 e. The maximum absolute atomic E-state index is 13.6. The van der Waals surface area contributed by atoms with Gasteiger partial charge in [-0.05, 0) is 33.3 Å². The summed E-state index contributed by atoms with van der Waals surface area (Å²) in [4.78, 5) is 53.3. The average molecular weight is 577 g/mol. The number of Topliss-reactive ketones (excluding diaryl/α,β-unsaturated/α-hetero) is 1. The molecule has 6 heteroatoms. The van der Waals surface area contributed by atoms with Crippen LogP contribution in [0.1, 0.15) is 93.1 Å². The van der Waals surface area contributed by atoms with Crippen LogP contribution in [0.5, 0.6) is 0 Å². The van der Waals surface area contributed by atoms with Crippen LogP contribution >= 0.6 is 0 Å². The molecule has 0 aliphatic rings. The summed E-state index contributed by atoms with van der Waals surface area (Å²) in [5.41, 5.74) is -0.142. The van der Waals surface area contributed by atoms with Crippen molar-refractivity contribution in [3.8, 4) is 0 Å². The molecule has 4 aromatic carbocycles. The fourth-order valence-corrected chi connectivity index (χ4v) is 4.72. The second-order valence-corrected chi connectivity index (χ2v) is 11.1. The molecule has 1 unspecified atom stereocenters. The van der Waals surface area contributed by atoms with E-state index in [0.717, 1.165) is 0 Å². The van der Waals surface area contributed by atoms with Crippen molar-refractivity contribution < 1.29 is 28.7 Å². The number of hydrogen-bond acceptors (Lipinski definition) is 6. The lowest BCUT2D eigenvalue weighted by Crippen LogP contribution is -2.39. The molecule has 0 radical (unpaired) electrons. The first kappa shape index (κ1) is 31.3. The number of carbonyl (C=O) groups is 4. The second-order valence-electron chi connectivity index (χ2n) is 11.1. The fourth-order valence-electron chi connectivity index (χ4n) is 4.72. The Balaban J connectivity index is 1.44. The molecule has 220 valence electrons. The van der Waals surface area contributed by atoms with E-state index in [1.165, 1.54) is 0 Å². The molecule has 0 saturated carbocycles. The van der Waals surface area contributed by atoms with Crippen LogP contribution < -0.4 is 0 Å². The first-order valence-electron chi connectivity index (χ1n) is 14.4. The number of benzene rings is 4. The van der Waals surface area contributed by atoms with E-state index in [-0.39, 0.29) is 40.6 Å². The van der Waals surface area contributed by atoms with Crippen molar-refractivity contribution in [1.29, 1.82) is 0 Å². The van der Waals surface area contributed by atoms with Crippen LogP contribution in [0.3, 0.4) is 0 Å². The van der Waals surface area contributed by atoms with Crippen molar-refractivity contribution in [3.05, 3.63) is 143 Å². The predicted molar refractivity (Wildman–Crippen MR) is 166 cm³/mol. The highest BCUT2D eigenvalue weighted by molar-refractivity contribution is 6.17. The van der Waals surface area contributed by atoms with Crippen LogP contribution in [0.4, 0.5) is 0 Å². The molecular weight excluding hydrogens is 540 g/mol. The molecule has 0 heterocycles. The lowest BCUT2D eigenvalue weighted by atomic mass is 9.89. The standard InChI is InChI=1S/C37H36O6/c1-5-37(4,43-35(41)31-23-15-13-21-29(31)33(39)27-18-10-7-11-19-27)24-25-42-36(2,3)34(40)30-22-14-12-20-28(30)32(38)26-16-8-6-9-17-26/h6-23H,5,24-25H2,1-4H3. The monoisotopic (exact) mass is 576 g/mol. The summed E-state index contributed by atoms with van der Waals surface area (Å²) < 4.78 is 12.0. The Morgan fingerprint density at radius 3 is 1.49 bits per heavy atom. The van der Waals surface area contributed by atoms with Crippen molar-refractivity contribution in [2.24, 2.45) is 0 Å². The van der Waals surface area contributed by atoms with E-state index in [4.69, 9.17) is 9.47 Å². The molecule has 0 N–H and O–H groups in total. The largest absolute Gasteiger partial charge is 0.456 e. The molecule has 1 atom stereocenters. The minimum absolute atomic E-state index is 0.121. The Morgan fingerprint density at radius 1 is 0.581 bits per heavy atom. The maximum Gasteiger partial charge on any atom is 0.339 e. The topological polar surface area (TPSA) is 86.7 Å². The molecule has 0 fully saturated rings. The van der Waals surface area contributed by atoms with E-state index in [1.807, 2.05) is 19.1 Å². The van der Waals surface area contributed by atoms with Crippen molar-refractivity contribution in [2.45, 2.75) is 51.7 Å². The van der Waals surface area contributed by atoms with E-state index < -0.39 is 17.2 Å². The molecule has 0 bridgehead atoms. The molecule has 0 aliphatic carbocycles. The number of hydrogen-bond donors (Lipinski definition) is 0. The third kappa shape index (κ3) is 7.40. The van der Waals surface area contributed by atoms with Crippen LogP contribution in [0.2, 0.25) is 0 Å². The number of carbonyl (C=O) groups excluding carboxylic acids is 4. The lowest BCUT2D eigenvalue weighted by Gasteiger charge is -2.31. The summed E-state index contributed by atoms with van der Waals surface area (Å²) in [6, 6.07) is 30.9. The minimum Gasteiger partial charge on any atom is -0.456 e. The van der Waals surface area contributed by atoms with E-state index in [9.17, 15) is 19.2 Å². The molecule has 0 saturated heterocycles. The van der Waals surface area contributed by atoms with E-state index in [2.05, 4.69) is 0 Å². The zero-order valence-corrected chi connectivity index (χ0v) is 25.0. The first-order chi connectivity index (χ1) is 20.6. The molecule has 0 spiro atoms. The summed E-state index contributed by atoms with van der Waals surface area (Å²) in [5.74, 6) is -1.43. The maximum atomic E-state index is 13.6. The number of ether oxygens (including phenoxy) is 2. The average Bonchev–Trinajstić information content (AvgIpc) is 3.04. The van der Waals surface area contributed by atoms with Crippen LogP contribution in [-0.2, 0) is 9.47 Å². The Kier molecular flexibility index (Phi) is 9.84. The Bertz CT molecular complexity index is 1610. The van der Waals surface area contributed by atoms with Gasteiger partial charge < -0.3 is 9.47 Å². The molecule has 0 aliphatic heterocycles. The van der Waals surface area contributed by atoms with Crippen LogP contribution in [0.25, 0.3) is 0 Å². The first-order valence-corrected chi connectivity index (χ1v) is 14.4. The van der Waals surface area contributed by atoms with Crippen molar-refractivity contribution >= 4 is 23.3 Å². The van der Waals surface area contributed by atoms with E-state index in [0.29, 0.717) is 29.5 Å². The van der Waals surface area contributed by atoms with Gasteiger partial charge in [-0.3, -0.25) is 14.4 Å². The van der Waals surface area contributed by atoms with Crippen LogP contribution in [0.15, 0.2) is 109 Å². The third-order valence-corrected chi connectivity index (χ3v) is 7.61. The molecule has 6 nitrogen and oxygen atoms in total. The summed E-state index contributed by atoms with van der Waals surface area (Å²) in [6.07, 6.45) is 0.797. The SMILES string of the molecule is CCC(C)(CCOC(C)(C)C(=O)c1ccccc1C(=O)c1ccccc1)OC(=O)c1ccccc1C(=O)c1ccccc1. The van der Waals surface area contributed by atoms with E-state index in [1.54, 1.807) is 118 Å². The van der Waals surface area contributed by atoms with Gasteiger partial charge in [0, 0.05) is 34.2 Å². The molecule has 43 heavy (non-hydrogen) atoms. The quantitative estimate of drug-likeness (QED) is 0.121. The van der Waals surface area contributed by atoms with Gasteiger partial charge in [0.25, 0.3) is 0 Å². The lowest BCUT2D eigenvalue weighted by molar-refractivity contribution is -0.0514. The van der Waals surface area contributed by atoms with Gasteiger partial charge >= 0.3 is 5.97 Å². The predicted octanol–water partition coefficient (Wildman–Crippen LogP) is 7.54.